The Balaban J connectivity index is 2.57. The number of aryl methyl sites for hydroxylation is 2. The van der Waals surface area contributed by atoms with Crippen molar-refractivity contribution in [2.75, 3.05) is 0 Å². The highest BCUT2D eigenvalue weighted by Crippen LogP contribution is 2.30. The topological polar surface area (TPSA) is 15.8 Å². The van der Waals surface area contributed by atoms with E-state index in [1.807, 2.05) is 18.2 Å². The van der Waals surface area contributed by atoms with Crippen molar-refractivity contribution in [1.29, 1.82) is 0 Å². The van der Waals surface area contributed by atoms with Crippen LogP contribution in [0.3, 0.4) is 0 Å². The first-order valence-electron chi connectivity index (χ1n) is 5.33. The number of hydrogen-bond acceptors (Lipinski definition) is 0. The van der Waals surface area contributed by atoms with Crippen molar-refractivity contribution in [2.45, 2.75) is 13.8 Å². The Morgan fingerprint density at radius 1 is 1.00 bits per heavy atom. The number of aromatic nitrogens is 1. The Bertz CT molecular complexity index is 695. The van der Waals surface area contributed by atoms with Crippen LogP contribution in [0.2, 0.25) is 5.02 Å². The molecule has 0 spiro atoms. The molecule has 0 atom stereocenters. The molecular formula is C14H12ClN. The summed E-state index contributed by atoms with van der Waals surface area (Å²) >= 11 is 6.05. The predicted octanol–water partition coefficient (Wildman–Crippen LogP) is 4.59. The summed E-state index contributed by atoms with van der Waals surface area (Å²) in [6, 6.07) is 10.4. The van der Waals surface area contributed by atoms with Crippen LogP contribution in [0.1, 0.15) is 11.1 Å². The van der Waals surface area contributed by atoms with Crippen LogP contribution in [0.25, 0.3) is 21.8 Å². The second-order valence-corrected chi connectivity index (χ2v) is 4.76. The standard InChI is InChI=1S/C14H12ClN/c1-8-5-9(2)14-11-7-10(15)3-4-12(11)16-13(14)6-8/h3-7,16H,1-2H3. The van der Waals surface area contributed by atoms with Crippen LogP contribution in [0.4, 0.5) is 0 Å². The quantitative estimate of drug-likeness (QED) is 0.580. The highest BCUT2D eigenvalue weighted by atomic mass is 35.5. The van der Waals surface area contributed by atoms with Gasteiger partial charge in [-0.25, -0.2) is 0 Å². The normalized spacial score (nSPS) is 11.4. The van der Waals surface area contributed by atoms with Crippen LogP contribution < -0.4 is 0 Å². The number of halogens is 1. The van der Waals surface area contributed by atoms with Crippen molar-refractivity contribution >= 4 is 33.4 Å². The van der Waals surface area contributed by atoms with E-state index in [0.29, 0.717) is 0 Å². The second-order valence-electron chi connectivity index (χ2n) is 4.32. The fraction of sp³-hybridized carbons (Fsp3) is 0.143. The molecular weight excluding hydrogens is 218 g/mol. The molecule has 0 saturated carbocycles. The Kier molecular flexibility index (Phi) is 1.98. The summed E-state index contributed by atoms with van der Waals surface area (Å²) in [6.45, 7) is 4.26. The number of aromatic amines is 1. The summed E-state index contributed by atoms with van der Waals surface area (Å²) in [6.07, 6.45) is 0. The van der Waals surface area contributed by atoms with Crippen LogP contribution in [0.15, 0.2) is 30.3 Å². The molecule has 0 fully saturated rings. The molecule has 0 aliphatic rings. The maximum Gasteiger partial charge on any atom is 0.0470 e. The van der Waals surface area contributed by atoms with E-state index in [2.05, 4.69) is 31.0 Å². The average Bonchev–Trinajstić information content (AvgIpc) is 2.54. The Morgan fingerprint density at radius 2 is 1.81 bits per heavy atom. The maximum absolute atomic E-state index is 6.05. The fourth-order valence-electron chi connectivity index (χ4n) is 2.40. The molecule has 0 aliphatic heterocycles. The summed E-state index contributed by atoms with van der Waals surface area (Å²) in [5.74, 6) is 0. The third kappa shape index (κ3) is 1.32. The summed E-state index contributed by atoms with van der Waals surface area (Å²) in [5.41, 5.74) is 4.91. The molecule has 16 heavy (non-hydrogen) atoms. The van der Waals surface area contributed by atoms with E-state index in [1.165, 1.54) is 27.4 Å². The van der Waals surface area contributed by atoms with Gasteiger partial charge in [-0.05, 0) is 49.2 Å². The van der Waals surface area contributed by atoms with Gasteiger partial charge in [-0.1, -0.05) is 17.7 Å². The molecule has 80 valence electrons. The largest absolute Gasteiger partial charge is 0.354 e. The van der Waals surface area contributed by atoms with Gasteiger partial charge in [0, 0.05) is 26.8 Å². The van der Waals surface area contributed by atoms with Gasteiger partial charge in [0.25, 0.3) is 0 Å². The fourth-order valence-corrected chi connectivity index (χ4v) is 2.57. The molecule has 0 aliphatic carbocycles. The lowest BCUT2D eigenvalue weighted by atomic mass is 10.1. The van der Waals surface area contributed by atoms with E-state index in [-0.39, 0.29) is 0 Å². The van der Waals surface area contributed by atoms with Gasteiger partial charge < -0.3 is 4.98 Å². The zero-order valence-electron chi connectivity index (χ0n) is 9.26. The van der Waals surface area contributed by atoms with Gasteiger partial charge >= 0.3 is 0 Å². The van der Waals surface area contributed by atoms with Crippen molar-refractivity contribution < 1.29 is 0 Å². The molecule has 0 saturated heterocycles. The average molecular weight is 230 g/mol. The zero-order valence-corrected chi connectivity index (χ0v) is 10.0. The van der Waals surface area contributed by atoms with Crippen molar-refractivity contribution in [3.63, 3.8) is 0 Å². The lowest BCUT2D eigenvalue weighted by Gasteiger charge is -1.99. The lowest BCUT2D eigenvalue weighted by molar-refractivity contribution is 1.42. The van der Waals surface area contributed by atoms with Crippen molar-refractivity contribution in [3.8, 4) is 0 Å². The molecule has 1 aromatic heterocycles. The SMILES string of the molecule is Cc1cc(C)c2c(c1)[nH]c1ccc(Cl)cc12. The number of rotatable bonds is 0. The van der Waals surface area contributed by atoms with E-state index >= 15 is 0 Å². The summed E-state index contributed by atoms with van der Waals surface area (Å²) in [7, 11) is 0. The van der Waals surface area contributed by atoms with Gasteiger partial charge in [-0.15, -0.1) is 0 Å². The highest BCUT2D eigenvalue weighted by Gasteiger charge is 2.07. The number of hydrogen-bond donors (Lipinski definition) is 1. The van der Waals surface area contributed by atoms with E-state index in [9.17, 15) is 0 Å². The van der Waals surface area contributed by atoms with Crippen molar-refractivity contribution in [2.24, 2.45) is 0 Å². The Hall–Kier alpha value is -1.47. The maximum atomic E-state index is 6.05. The smallest absolute Gasteiger partial charge is 0.0470 e. The van der Waals surface area contributed by atoms with E-state index < -0.39 is 0 Å². The molecule has 0 bridgehead atoms. The van der Waals surface area contributed by atoms with Crippen LogP contribution in [-0.4, -0.2) is 4.98 Å². The summed E-state index contributed by atoms with van der Waals surface area (Å²) in [4.78, 5) is 3.43. The van der Waals surface area contributed by atoms with Crippen molar-refractivity contribution in [3.05, 3.63) is 46.5 Å². The molecule has 1 N–H and O–H groups in total. The molecule has 3 aromatic rings. The molecule has 2 heteroatoms. The molecule has 1 heterocycles. The molecule has 0 unspecified atom stereocenters. The number of nitrogens with one attached hydrogen (secondary N) is 1. The Morgan fingerprint density at radius 3 is 2.62 bits per heavy atom. The monoisotopic (exact) mass is 229 g/mol. The molecule has 2 aromatic carbocycles. The number of benzene rings is 2. The summed E-state index contributed by atoms with van der Waals surface area (Å²) < 4.78 is 0. The first-order chi connectivity index (χ1) is 7.65. The minimum atomic E-state index is 0.786. The number of fused-ring (bicyclic) bond motifs is 3. The zero-order chi connectivity index (χ0) is 11.3. The van der Waals surface area contributed by atoms with Crippen LogP contribution >= 0.6 is 11.6 Å². The first kappa shape index (κ1) is 9.73. The van der Waals surface area contributed by atoms with Crippen LogP contribution in [0, 0.1) is 13.8 Å². The van der Waals surface area contributed by atoms with Gasteiger partial charge in [0.2, 0.25) is 0 Å². The third-order valence-corrected chi connectivity index (χ3v) is 3.24. The molecule has 0 radical (unpaired) electrons. The van der Waals surface area contributed by atoms with Crippen molar-refractivity contribution in [1.82, 2.24) is 4.98 Å². The Labute approximate surface area is 99.0 Å². The van der Waals surface area contributed by atoms with Gasteiger partial charge in [-0.3, -0.25) is 0 Å². The predicted molar refractivity (Wildman–Crippen MR) is 70.3 cm³/mol. The molecule has 0 amide bonds. The molecule has 3 rings (SSSR count). The lowest BCUT2D eigenvalue weighted by Crippen LogP contribution is -1.78. The van der Waals surface area contributed by atoms with Gasteiger partial charge in [0.05, 0.1) is 0 Å². The van der Waals surface area contributed by atoms with E-state index in [0.717, 1.165) is 10.5 Å². The van der Waals surface area contributed by atoms with E-state index in [1.54, 1.807) is 0 Å². The van der Waals surface area contributed by atoms with Gasteiger partial charge in [0.15, 0.2) is 0 Å². The number of H-pyrrole nitrogens is 1. The minimum absolute atomic E-state index is 0.786. The first-order valence-corrected chi connectivity index (χ1v) is 5.71. The van der Waals surface area contributed by atoms with Gasteiger partial charge in [-0.2, -0.15) is 0 Å². The van der Waals surface area contributed by atoms with Gasteiger partial charge in [0.1, 0.15) is 0 Å². The second kappa shape index (κ2) is 3.26. The van der Waals surface area contributed by atoms with E-state index in [4.69, 9.17) is 11.6 Å². The summed E-state index contributed by atoms with van der Waals surface area (Å²) in [5, 5.41) is 3.27. The minimum Gasteiger partial charge on any atom is -0.354 e. The highest BCUT2D eigenvalue weighted by molar-refractivity contribution is 6.31. The molecule has 1 nitrogen and oxygen atoms in total. The third-order valence-electron chi connectivity index (χ3n) is 3.00. The van der Waals surface area contributed by atoms with Crippen LogP contribution in [0.5, 0.6) is 0 Å². The van der Waals surface area contributed by atoms with Crippen LogP contribution in [-0.2, 0) is 0 Å².